The van der Waals surface area contributed by atoms with Gasteiger partial charge in [-0.15, -0.1) is 0 Å². The van der Waals surface area contributed by atoms with Crippen molar-refractivity contribution >= 4 is 5.78 Å². The number of allylic oxidation sites excluding steroid dienone is 1. The van der Waals surface area contributed by atoms with E-state index in [1.54, 1.807) is 13.2 Å². The van der Waals surface area contributed by atoms with Gasteiger partial charge in [0.2, 0.25) is 0 Å². The molecule has 0 heterocycles. The van der Waals surface area contributed by atoms with Crippen molar-refractivity contribution in [3.8, 4) is 0 Å². The van der Waals surface area contributed by atoms with Crippen molar-refractivity contribution in [2.45, 2.75) is 25.4 Å². The van der Waals surface area contributed by atoms with E-state index >= 15 is 0 Å². The van der Waals surface area contributed by atoms with Crippen LogP contribution in [0.3, 0.4) is 0 Å². The molecule has 0 amide bonds. The van der Waals surface area contributed by atoms with Crippen LogP contribution in [0.4, 0.5) is 0 Å². The second kappa shape index (κ2) is 4.22. The molecule has 2 nitrogen and oxygen atoms in total. The molecule has 0 saturated carbocycles. The zero-order valence-corrected chi connectivity index (χ0v) is 9.69. The molecule has 0 aromatic heterocycles. The van der Waals surface area contributed by atoms with Gasteiger partial charge in [-0.1, -0.05) is 29.8 Å². The van der Waals surface area contributed by atoms with E-state index in [1.807, 2.05) is 6.08 Å². The Balaban J connectivity index is 2.38. The number of ketones is 1. The fourth-order valence-electron chi connectivity index (χ4n) is 2.07. The van der Waals surface area contributed by atoms with Crippen molar-refractivity contribution < 1.29 is 9.53 Å². The van der Waals surface area contributed by atoms with Gasteiger partial charge in [-0.2, -0.15) is 0 Å². The van der Waals surface area contributed by atoms with Crippen molar-refractivity contribution in [1.82, 2.24) is 0 Å². The molecule has 0 fully saturated rings. The molecule has 1 aliphatic rings. The molecule has 84 valence electrons. The third-order valence-corrected chi connectivity index (χ3v) is 3.19. The Labute approximate surface area is 95.9 Å². The molecule has 1 aliphatic carbocycles. The lowest BCUT2D eigenvalue weighted by Gasteiger charge is -2.32. The largest absolute Gasteiger partial charge is 0.369 e. The van der Waals surface area contributed by atoms with Gasteiger partial charge in [0.15, 0.2) is 5.78 Å². The Bertz CT molecular complexity index is 417. The van der Waals surface area contributed by atoms with Gasteiger partial charge in [0.05, 0.1) is 0 Å². The summed E-state index contributed by atoms with van der Waals surface area (Å²) in [5.74, 6) is 0.180. The number of hydrogen-bond donors (Lipinski definition) is 0. The molecule has 0 aliphatic heterocycles. The van der Waals surface area contributed by atoms with E-state index in [4.69, 9.17) is 4.74 Å². The molecule has 0 N–H and O–H groups in total. The molecule has 0 saturated heterocycles. The topological polar surface area (TPSA) is 26.3 Å². The summed E-state index contributed by atoms with van der Waals surface area (Å²) < 4.78 is 5.61. The van der Waals surface area contributed by atoms with Gasteiger partial charge in [-0.25, -0.2) is 0 Å². The van der Waals surface area contributed by atoms with Crippen molar-refractivity contribution in [1.29, 1.82) is 0 Å². The summed E-state index contributed by atoms with van der Waals surface area (Å²) in [6.45, 7) is 2.06. The highest BCUT2D eigenvalue weighted by molar-refractivity contribution is 5.90. The fraction of sp³-hybridized carbons (Fsp3) is 0.357. The lowest BCUT2D eigenvalue weighted by molar-refractivity contribution is -0.117. The smallest absolute Gasteiger partial charge is 0.155 e. The molecule has 1 atom stereocenters. The monoisotopic (exact) mass is 216 g/mol. The van der Waals surface area contributed by atoms with E-state index in [0.717, 1.165) is 12.0 Å². The molecule has 2 rings (SSSR count). The Morgan fingerprint density at radius 2 is 1.94 bits per heavy atom. The van der Waals surface area contributed by atoms with Gasteiger partial charge in [0, 0.05) is 13.5 Å². The summed E-state index contributed by atoms with van der Waals surface area (Å²) in [7, 11) is 1.69. The average molecular weight is 216 g/mol. The summed E-state index contributed by atoms with van der Waals surface area (Å²) in [5.41, 5.74) is 1.93. The maximum Gasteiger partial charge on any atom is 0.155 e. The van der Waals surface area contributed by atoms with E-state index in [2.05, 4.69) is 31.2 Å². The molecule has 0 radical (unpaired) electrons. The lowest BCUT2D eigenvalue weighted by atomic mass is 9.84. The number of methoxy groups -OCH3 is 1. The molecular weight excluding hydrogens is 200 g/mol. The highest BCUT2D eigenvalue weighted by Crippen LogP contribution is 2.34. The zero-order chi connectivity index (χ0) is 11.6. The normalized spacial score (nSPS) is 24.8. The number of rotatable bonds is 2. The molecule has 1 aromatic carbocycles. The predicted octanol–water partition coefficient (Wildman–Crippen LogP) is 2.76. The van der Waals surface area contributed by atoms with E-state index in [9.17, 15) is 4.79 Å². The van der Waals surface area contributed by atoms with E-state index in [0.29, 0.717) is 6.42 Å². The minimum atomic E-state index is -0.415. The van der Waals surface area contributed by atoms with Crippen LogP contribution >= 0.6 is 0 Å². The number of carbonyl (C=O) groups is 1. The molecule has 0 bridgehead atoms. The number of hydrogen-bond acceptors (Lipinski definition) is 2. The van der Waals surface area contributed by atoms with Crippen molar-refractivity contribution in [3.05, 3.63) is 47.5 Å². The Kier molecular flexibility index (Phi) is 2.92. The third-order valence-electron chi connectivity index (χ3n) is 3.19. The number of benzene rings is 1. The highest BCUT2D eigenvalue weighted by atomic mass is 16.5. The van der Waals surface area contributed by atoms with E-state index in [-0.39, 0.29) is 5.78 Å². The second-order valence-electron chi connectivity index (χ2n) is 4.26. The molecular formula is C14H16O2. The fourth-order valence-corrected chi connectivity index (χ4v) is 2.07. The summed E-state index contributed by atoms with van der Waals surface area (Å²) in [5, 5.41) is 0. The summed E-state index contributed by atoms with van der Waals surface area (Å²) >= 11 is 0. The molecule has 1 aromatic rings. The van der Waals surface area contributed by atoms with Crippen LogP contribution in [0.25, 0.3) is 0 Å². The van der Waals surface area contributed by atoms with Crippen molar-refractivity contribution in [3.63, 3.8) is 0 Å². The second-order valence-corrected chi connectivity index (χ2v) is 4.26. The number of ether oxygens (including phenoxy) is 1. The van der Waals surface area contributed by atoms with Crippen LogP contribution in [0.1, 0.15) is 24.0 Å². The molecule has 0 spiro atoms. The minimum absolute atomic E-state index is 0.180. The van der Waals surface area contributed by atoms with Gasteiger partial charge in [0.25, 0.3) is 0 Å². The summed E-state index contributed by atoms with van der Waals surface area (Å²) in [4.78, 5) is 11.2. The predicted molar refractivity (Wildman–Crippen MR) is 63.2 cm³/mol. The number of carbonyl (C=O) groups excluding carboxylic acids is 1. The lowest BCUT2D eigenvalue weighted by Crippen LogP contribution is -2.29. The zero-order valence-electron chi connectivity index (χ0n) is 9.69. The van der Waals surface area contributed by atoms with Crippen molar-refractivity contribution in [2.24, 2.45) is 0 Å². The third kappa shape index (κ3) is 1.93. The first-order valence-corrected chi connectivity index (χ1v) is 5.51. The highest BCUT2D eigenvalue weighted by Gasteiger charge is 2.32. The first-order chi connectivity index (χ1) is 7.66. The van der Waals surface area contributed by atoms with Gasteiger partial charge >= 0.3 is 0 Å². The van der Waals surface area contributed by atoms with E-state index in [1.165, 1.54) is 5.56 Å². The maximum atomic E-state index is 11.2. The van der Waals surface area contributed by atoms with Gasteiger partial charge < -0.3 is 4.74 Å². The van der Waals surface area contributed by atoms with Crippen molar-refractivity contribution in [2.75, 3.05) is 7.11 Å². The molecule has 1 unspecified atom stereocenters. The van der Waals surface area contributed by atoms with Crippen LogP contribution < -0.4 is 0 Å². The summed E-state index contributed by atoms with van der Waals surface area (Å²) in [6.07, 6.45) is 4.79. The first kappa shape index (κ1) is 11.1. The SMILES string of the molecule is COC1(c2ccc(C)cc2)C=CC(=O)CC1. The van der Waals surface area contributed by atoms with Gasteiger partial charge in [0.1, 0.15) is 5.60 Å². The number of aryl methyl sites for hydroxylation is 1. The van der Waals surface area contributed by atoms with E-state index < -0.39 is 5.60 Å². The molecule has 2 heteroatoms. The standard InChI is InChI=1S/C14H16O2/c1-11-3-5-12(6-4-11)14(16-2)9-7-13(15)8-10-14/h3-7,9H,8,10H2,1-2H3. The minimum Gasteiger partial charge on any atom is -0.369 e. The quantitative estimate of drug-likeness (QED) is 0.759. The Morgan fingerprint density at radius 3 is 2.44 bits per heavy atom. The van der Waals surface area contributed by atoms with Crippen LogP contribution in [-0.4, -0.2) is 12.9 Å². The molecule has 16 heavy (non-hydrogen) atoms. The average Bonchev–Trinajstić information content (AvgIpc) is 2.32. The van der Waals surface area contributed by atoms with Crippen LogP contribution in [-0.2, 0) is 15.1 Å². The van der Waals surface area contributed by atoms with Crippen LogP contribution in [0, 0.1) is 6.92 Å². The Morgan fingerprint density at radius 1 is 1.25 bits per heavy atom. The van der Waals surface area contributed by atoms with Crippen LogP contribution in [0.15, 0.2) is 36.4 Å². The van der Waals surface area contributed by atoms with Crippen LogP contribution in [0.5, 0.6) is 0 Å². The van der Waals surface area contributed by atoms with Gasteiger partial charge in [-0.05, 0) is 31.1 Å². The summed E-state index contributed by atoms with van der Waals surface area (Å²) in [6, 6.07) is 8.28. The van der Waals surface area contributed by atoms with Gasteiger partial charge in [-0.3, -0.25) is 4.79 Å². The maximum absolute atomic E-state index is 11.2. The first-order valence-electron chi connectivity index (χ1n) is 5.51. The van der Waals surface area contributed by atoms with Crippen LogP contribution in [0.2, 0.25) is 0 Å². The Hall–Kier alpha value is -1.41.